The number of rotatable bonds is 5. The van der Waals surface area contributed by atoms with E-state index in [0.717, 1.165) is 12.8 Å². The summed E-state index contributed by atoms with van der Waals surface area (Å²) in [6.45, 7) is 4.45. The molecule has 0 aromatic carbocycles. The smallest absolute Gasteiger partial charge is 0.0693 e. The zero-order valence-corrected chi connectivity index (χ0v) is 9.63. The van der Waals surface area contributed by atoms with Crippen LogP contribution in [-0.4, -0.2) is 23.3 Å². The van der Waals surface area contributed by atoms with Crippen LogP contribution in [0.3, 0.4) is 0 Å². The van der Waals surface area contributed by atoms with E-state index in [1.807, 2.05) is 0 Å². The Kier molecular flexibility index (Phi) is 5.49. The fourth-order valence-corrected chi connectivity index (χ4v) is 2.36. The van der Waals surface area contributed by atoms with Gasteiger partial charge in [-0.25, -0.2) is 0 Å². The van der Waals surface area contributed by atoms with Gasteiger partial charge in [0.2, 0.25) is 0 Å². The number of hydrogen-bond donors (Lipinski definition) is 2. The zero-order chi connectivity index (χ0) is 10.4. The maximum absolute atomic E-state index is 9.82. The molecule has 2 nitrogen and oxygen atoms in total. The summed E-state index contributed by atoms with van der Waals surface area (Å²) in [4.78, 5) is 0. The summed E-state index contributed by atoms with van der Waals surface area (Å²) in [5, 5.41) is 13.4. The number of nitrogens with one attached hydrogen (secondary N) is 1. The molecule has 84 valence electrons. The van der Waals surface area contributed by atoms with Gasteiger partial charge in [0.1, 0.15) is 0 Å². The lowest BCUT2D eigenvalue weighted by molar-refractivity contribution is 0.0837. The lowest BCUT2D eigenvalue weighted by atomic mass is 9.91. The quantitative estimate of drug-likeness (QED) is 0.713. The maximum atomic E-state index is 9.82. The first-order chi connectivity index (χ1) is 6.77. The molecule has 0 aromatic heterocycles. The molecule has 1 aliphatic carbocycles. The molecule has 1 rings (SSSR count). The third kappa shape index (κ3) is 3.58. The van der Waals surface area contributed by atoms with E-state index in [4.69, 9.17) is 0 Å². The van der Waals surface area contributed by atoms with Crippen molar-refractivity contribution in [2.24, 2.45) is 0 Å². The molecule has 0 aliphatic heterocycles. The summed E-state index contributed by atoms with van der Waals surface area (Å²) in [5.41, 5.74) is 0. The van der Waals surface area contributed by atoms with E-state index in [1.54, 1.807) is 0 Å². The summed E-state index contributed by atoms with van der Waals surface area (Å²) in [6, 6.07) is 0.970. The molecule has 3 atom stereocenters. The Balaban J connectivity index is 2.31. The Morgan fingerprint density at radius 3 is 2.57 bits per heavy atom. The topological polar surface area (TPSA) is 32.3 Å². The molecule has 0 spiro atoms. The minimum absolute atomic E-state index is 0.102. The lowest BCUT2D eigenvalue weighted by Gasteiger charge is -2.32. The summed E-state index contributed by atoms with van der Waals surface area (Å²) >= 11 is 0. The van der Waals surface area contributed by atoms with E-state index in [-0.39, 0.29) is 6.10 Å². The van der Waals surface area contributed by atoms with Crippen LogP contribution in [0.5, 0.6) is 0 Å². The van der Waals surface area contributed by atoms with Crippen molar-refractivity contribution in [2.45, 2.75) is 77.0 Å². The van der Waals surface area contributed by atoms with Crippen LogP contribution >= 0.6 is 0 Å². The molecule has 1 unspecified atom stereocenters. The third-order valence-electron chi connectivity index (χ3n) is 3.31. The molecule has 0 bridgehead atoms. The van der Waals surface area contributed by atoms with E-state index in [1.165, 1.54) is 32.1 Å². The molecule has 1 fully saturated rings. The average molecular weight is 199 g/mol. The van der Waals surface area contributed by atoms with Crippen LogP contribution in [0.2, 0.25) is 0 Å². The average Bonchev–Trinajstić information content (AvgIpc) is 2.20. The van der Waals surface area contributed by atoms with Crippen LogP contribution in [0.15, 0.2) is 0 Å². The molecule has 0 amide bonds. The first kappa shape index (κ1) is 12.0. The third-order valence-corrected chi connectivity index (χ3v) is 3.31. The van der Waals surface area contributed by atoms with Crippen LogP contribution in [-0.2, 0) is 0 Å². The monoisotopic (exact) mass is 199 g/mol. The minimum atomic E-state index is -0.102. The maximum Gasteiger partial charge on any atom is 0.0693 e. The molecule has 14 heavy (non-hydrogen) atoms. The van der Waals surface area contributed by atoms with Gasteiger partial charge in [0.25, 0.3) is 0 Å². The van der Waals surface area contributed by atoms with E-state index in [2.05, 4.69) is 19.2 Å². The summed E-state index contributed by atoms with van der Waals surface area (Å²) < 4.78 is 0. The number of hydrogen-bond acceptors (Lipinski definition) is 2. The highest BCUT2D eigenvalue weighted by Gasteiger charge is 2.24. The standard InChI is InChI=1S/C12H25NO/c1-3-7-10(4-2)13-11-8-5-6-9-12(11)14/h10-14H,3-9H2,1-2H3/t10?,11-,12-/m1/s1. The molecule has 0 radical (unpaired) electrons. The van der Waals surface area contributed by atoms with Crippen LogP contribution < -0.4 is 5.32 Å². The Labute approximate surface area is 88.1 Å². The van der Waals surface area contributed by atoms with Crippen molar-refractivity contribution in [3.63, 3.8) is 0 Å². The second kappa shape index (κ2) is 6.41. The minimum Gasteiger partial charge on any atom is -0.392 e. The van der Waals surface area contributed by atoms with Gasteiger partial charge in [0.05, 0.1) is 6.10 Å². The molecule has 2 N–H and O–H groups in total. The number of aliphatic hydroxyl groups excluding tert-OH is 1. The lowest BCUT2D eigenvalue weighted by Crippen LogP contribution is -2.46. The summed E-state index contributed by atoms with van der Waals surface area (Å²) in [7, 11) is 0. The van der Waals surface area contributed by atoms with Crippen LogP contribution in [0.1, 0.15) is 58.8 Å². The van der Waals surface area contributed by atoms with Crippen molar-refractivity contribution in [2.75, 3.05) is 0 Å². The van der Waals surface area contributed by atoms with Gasteiger partial charge in [0, 0.05) is 12.1 Å². The van der Waals surface area contributed by atoms with Gasteiger partial charge in [-0.3, -0.25) is 0 Å². The Hall–Kier alpha value is -0.0800. The molecule has 1 saturated carbocycles. The summed E-state index contributed by atoms with van der Waals surface area (Å²) in [6.07, 6.45) is 8.16. The van der Waals surface area contributed by atoms with E-state index >= 15 is 0 Å². The first-order valence-corrected chi connectivity index (χ1v) is 6.22. The highest BCUT2D eigenvalue weighted by atomic mass is 16.3. The Bertz CT molecular complexity index is 149. The van der Waals surface area contributed by atoms with Gasteiger partial charge in [-0.05, 0) is 25.7 Å². The fourth-order valence-electron chi connectivity index (χ4n) is 2.36. The predicted molar refractivity (Wildman–Crippen MR) is 60.4 cm³/mol. The van der Waals surface area contributed by atoms with Gasteiger partial charge in [-0.1, -0.05) is 33.1 Å². The second-order valence-corrected chi connectivity index (χ2v) is 4.52. The van der Waals surface area contributed by atoms with E-state index < -0.39 is 0 Å². The molecule has 1 aliphatic rings. The van der Waals surface area contributed by atoms with Gasteiger partial charge >= 0.3 is 0 Å². The summed E-state index contributed by atoms with van der Waals surface area (Å²) in [5.74, 6) is 0. The molecule has 0 aromatic rings. The highest BCUT2D eigenvalue weighted by molar-refractivity contribution is 4.83. The molecular weight excluding hydrogens is 174 g/mol. The van der Waals surface area contributed by atoms with Crippen LogP contribution in [0, 0.1) is 0 Å². The molecule has 0 saturated heterocycles. The number of aliphatic hydroxyl groups is 1. The van der Waals surface area contributed by atoms with Crippen molar-refractivity contribution in [3.05, 3.63) is 0 Å². The van der Waals surface area contributed by atoms with E-state index in [9.17, 15) is 5.11 Å². The van der Waals surface area contributed by atoms with Crippen molar-refractivity contribution >= 4 is 0 Å². The molecule has 0 heterocycles. The van der Waals surface area contributed by atoms with Gasteiger partial charge in [0.15, 0.2) is 0 Å². The van der Waals surface area contributed by atoms with Crippen molar-refractivity contribution in [3.8, 4) is 0 Å². The van der Waals surface area contributed by atoms with Gasteiger partial charge in [-0.2, -0.15) is 0 Å². The zero-order valence-electron chi connectivity index (χ0n) is 9.63. The predicted octanol–water partition coefficient (Wildman–Crippen LogP) is 2.46. The Morgan fingerprint density at radius 2 is 2.00 bits per heavy atom. The fraction of sp³-hybridized carbons (Fsp3) is 1.00. The largest absolute Gasteiger partial charge is 0.392 e. The van der Waals surface area contributed by atoms with E-state index in [0.29, 0.717) is 12.1 Å². The highest BCUT2D eigenvalue weighted by Crippen LogP contribution is 2.19. The normalized spacial score (nSPS) is 30.2. The van der Waals surface area contributed by atoms with Gasteiger partial charge in [-0.15, -0.1) is 0 Å². The molecular formula is C12H25NO. The van der Waals surface area contributed by atoms with Crippen molar-refractivity contribution in [1.82, 2.24) is 5.32 Å². The van der Waals surface area contributed by atoms with Gasteiger partial charge < -0.3 is 10.4 Å². The second-order valence-electron chi connectivity index (χ2n) is 4.52. The van der Waals surface area contributed by atoms with Crippen molar-refractivity contribution < 1.29 is 5.11 Å². The van der Waals surface area contributed by atoms with Crippen LogP contribution in [0.4, 0.5) is 0 Å². The van der Waals surface area contributed by atoms with Crippen molar-refractivity contribution in [1.29, 1.82) is 0 Å². The SMILES string of the molecule is CCCC(CC)N[C@@H]1CCCC[C@H]1O. The Morgan fingerprint density at radius 1 is 1.29 bits per heavy atom. The molecule has 2 heteroatoms. The van der Waals surface area contributed by atoms with Crippen LogP contribution in [0.25, 0.3) is 0 Å². The first-order valence-electron chi connectivity index (χ1n) is 6.22.